The van der Waals surface area contributed by atoms with E-state index in [0.717, 1.165) is 5.71 Å². The Kier molecular flexibility index (Phi) is 2.65. The molecule has 1 aliphatic heterocycles. The van der Waals surface area contributed by atoms with Crippen LogP contribution >= 0.6 is 0 Å². The van der Waals surface area contributed by atoms with Gasteiger partial charge in [-0.2, -0.15) is 5.10 Å². The first-order valence-corrected chi connectivity index (χ1v) is 4.11. The number of nitrogens with zero attached hydrogens (tertiary/aromatic N) is 3. The topological polar surface area (TPSA) is 53.0 Å². The average Bonchev–Trinajstić information content (AvgIpc) is 2.06. The molecule has 0 atom stereocenters. The summed E-state index contributed by atoms with van der Waals surface area (Å²) in [6, 6.07) is 0. The van der Waals surface area contributed by atoms with Crippen LogP contribution in [0, 0.1) is 0 Å². The molecular formula is C8H13N3O2. The number of piperazine rings is 1. The number of carbonyl (C=O) groups excluding carboxylic acids is 2. The zero-order valence-corrected chi connectivity index (χ0v) is 8.07. The Morgan fingerprint density at radius 2 is 1.85 bits per heavy atom. The molecule has 1 aliphatic rings. The fraction of sp³-hybridized carbons (Fsp3) is 0.625. The molecule has 0 radical (unpaired) electrons. The second-order valence-electron chi connectivity index (χ2n) is 3.20. The first-order chi connectivity index (χ1) is 6.02. The van der Waals surface area contributed by atoms with Gasteiger partial charge in [0.1, 0.15) is 0 Å². The van der Waals surface area contributed by atoms with E-state index in [0.29, 0.717) is 13.1 Å². The smallest absolute Gasteiger partial charge is 0.332 e. The molecule has 72 valence electrons. The molecule has 0 unspecified atom stereocenters. The highest BCUT2D eigenvalue weighted by Crippen LogP contribution is 2.03. The maximum absolute atomic E-state index is 11.3. The normalized spacial score (nSPS) is 17.8. The van der Waals surface area contributed by atoms with Crippen molar-refractivity contribution in [2.45, 2.75) is 13.8 Å². The molecule has 0 aromatic rings. The maximum atomic E-state index is 11.3. The number of amides is 2. The summed E-state index contributed by atoms with van der Waals surface area (Å²) in [5.41, 5.74) is 0.769. The molecule has 0 saturated carbocycles. The lowest BCUT2D eigenvalue weighted by Crippen LogP contribution is -2.50. The van der Waals surface area contributed by atoms with Crippen LogP contribution in [0.25, 0.3) is 0 Å². The fourth-order valence-corrected chi connectivity index (χ4v) is 1.06. The summed E-state index contributed by atoms with van der Waals surface area (Å²) in [6.45, 7) is 4.60. The minimum Gasteiger partial charge on any atom is -0.336 e. The average molecular weight is 183 g/mol. The summed E-state index contributed by atoms with van der Waals surface area (Å²) in [4.78, 5) is 23.9. The Labute approximate surface area is 77.0 Å². The van der Waals surface area contributed by atoms with Gasteiger partial charge in [0.05, 0.1) is 6.54 Å². The van der Waals surface area contributed by atoms with Gasteiger partial charge in [-0.15, -0.1) is 0 Å². The van der Waals surface area contributed by atoms with Crippen molar-refractivity contribution in [3.05, 3.63) is 0 Å². The molecule has 2 amide bonds. The van der Waals surface area contributed by atoms with Crippen LogP contribution in [0.4, 0.5) is 0 Å². The van der Waals surface area contributed by atoms with E-state index >= 15 is 0 Å². The molecule has 0 aliphatic carbocycles. The quantitative estimate of drug-likeness (QED) is 0.413. The lowest BCUT2D eigenvalue weighted by atomic mass is 10.3. The second kappa shape index (κ2) is 3.55. The maximum Gasteiger partial charge on any atom is 0.332 e. The van der Waals surface area contributed by atoms with Crippen molar-refractivity contribution in [2.75, 3.05) is 20.1 Å². The van der Waals surface area contributed by atoms with Crippen molar-refractivity contribution in [2.24, 2.45) is 5.10 Å². The van der Waals surface area contributed by atoms with Crippen LogP contribution in [0.3, 0.4) is 0 Å². The Morgan fingerprint density at radius 1 is 1.23 bits per heavy atom. The van der Waals surface area contributed by atoms with E-state index in [9.17, 15) is 9.59 Å². The van der Waals surface area contributed by atoms with Crippen molar-refractivity contribution in [1.82, 2.24) is 9.91 Å². The first kappa shape index (κ1) is 9.70. The van der Waals surface area contributed by atoms with Crippen LogP contribution in [0.15, 0.2) is 5.10 Å². The summed E-state index contributed by atoms with van der Waals surface area (Å²) in [5.74, 6) is -1.04. The summed E-state index contributed by atoms with van der Waals surface area (Å²) < 4.78 is 0. The van der Waals surface area contributed by atoms with Gasteiger partial charge in [-0.25, -0.2) is 5.01 Å². The molecule has 1 heterocycles. The van der Waals surface area contributed by atoms with Gasteiger partial charge in [0.2, 0.25) is 0 Å². The predicted octanol–water partition coefficient (Wildman–Crippen LogP) is -0.317. The molecular weight excluding hydrogens is 170 g/mol. The van der Waals surface area contributed by atoms with Crippen LogP contribution in [0.5, 0.6) is 0 Å². The molecule has 1 rings (SSSR count). The zero-order valence-electron chi connectivity index (χ0n) is 8.07. The Bertz CT molecular complexity index is 269. The number of likely N-dealkylation sites (N-methyl/N-ethyl adjacent to an activating group) is 1. The monoisotopic (exact) mass is 183 g/mol. The van der Waals surface area contributed by atoms with E-state index in [1.165, 1.54) is 9.91 Å². The van der Waals surface area contributed by atoms with Crippen LogP contribution in [0.1, 0.15) is 13.8 Å². The van der Waals surface area contributed by atoms with Crippen LogP contribution in [-0.2, 0) is 9.59 Å². The van der Waals surface area contributed by atoms with Crippen molar-refractivity contribution >= 4 is 17.5 Å². The SMILES string of the molecule is CC(C)=NN1CCN(C)C(=O)C1=O. The summed E-state index contributed by atoms with van der Waals surface area (Å²) >= 11 is 0. The third-order valence-corrected chi connectivity index (χ3v) is 1.73. The number of hydrazone groups is 1. The molecule has 13 heavy (non-hydrogen) atoms. The molecule has 0 aromatic heterocycles. The van der Waals surface area contributed by atoms with E-state index in [4.69, 9.17) is 0 Å². The van der Waals surface area contributed by atoms with Crippen molar-refractivity contribution in [3.8, 4) is 0 Å². The van der Waals surface area contributed by atoms with Gasteiger partial charge in [-0.3, -0.25) is 9.59 Å². The number of rotatable bonds is 1. The Balaban J connectivity index is 2.76. The molecule has 0 N–H and O–H groups in total. The molecule has 1 fully saturated rings. The summed E-state index contributed by atoms with van der Waals surface area (Å²) in [7, 11) is 1.61. The van der Waals surface area contributed by atoms with E-state index in [1.807, 2.05) is 0 Å². The molecule has 1 saturated heterocycles. The third kappa shape index (κ3) is 2.05. The number of hydrogen-bond acceptors (Lipinski definition) is 3. The van der Waals surface area contributed by atoms with Gasteiger partial charge in [-0.1, -0.05) is 0 Å². The molecule has 5 heteroatoms. The largest absolute Gasteiger partial charge is 0.336 e. The Hall–Kier alpha value is -1.39. The summed E-state index contributed by atoms with van der Waals surface area (Å²) in [5, 5.41) is 5.18. The van der Waals surface area contributed by atoms with Gasteiger partial charge >= 0.3 is 11.8 Å². The number of hydrogen-bond donors (Lipinski definition) is 0. The first-order valence-electron chi connectivity index (χ1n) is 4.11. The fourth-order valence-electron chi connectivity index (χ4n) is 1.06. The van der Waals surface area contributed by atoms with Gasteiger partial charge < -0.3 is 4.90 Å². The highest BCUT2D eigenvalue weighted by atomic mass is 16.2. The minimum absolute atomic E-state index is 0.478. The van der Waals surface area contributed by atoms with Gasteiger partial charge in [0, 0.05) is 19.3 Å². The van der Waals surface area contributed by atoms with Crippen LogP contribution in [-0.4, -0.2) is 47.6 Å². The van der Waals surface area contributed by atoms with E-state index < -0.39 is 11.8 Å². The van der Waals surface area contributed by atoms with E-state index in [2.05, 4.69) is 5.10 Å². The van der Waals surface area contributed by atoms with Crippen LogP contribution < -0.4 is 0 Å². The summed E-state index contributed by atoms with van der Waals surface area (Å²) in [6.07, 6.45) is 0. The highest BCUT2D eigenvalue weighted by molar-refractivity contribution is 6.35. The van der Waals surface area contributed by atoms with Crippen LogP contribution in [0.2, 0.25) is 0 Å². The molecule has 0 spiro atoms. The zero-order chi connectivity index (χ0) is 10.0. The lowest BCUT2D eigenvalue weighted by Gasteiger charge is -2.28. The number of carbonyl (C=O) groups is 2. The lowest BCUT2D eigenvalue weighted by molar-refractivity contribution is -0.154. The van der Waals surface area contributed by atoms with E-state index in [1.54, 1.807) is 20.9 Å². The van der Waals surface area contributed by atoms with E-state index in [-0.39, 0.29) is 0 Å². The van der Waals surface area contributed by atoms with Crippen molar-refractivity contribution in [3.63, 3.8) is 0 Å². The van der Waals surface area contributed by atoms with Gasteiger partial charge in [0.15, 0.2) is 0 Å². The standard InChI is InChI=1S/C8H13N3O2/c1-6(2)9-11-5-4-10(3)7(12)8(11)13/h4-5H2,1-3H3. The van der Waals surface area contributed by atoms with Crippen molar-refractivity contribution in [1.29, 1.82) is 0 Å². The second-order valence-corrected chi connectivity index (χ2v) is 3.20. The molecule has 0 aromatic carbocycles. The third-order valence-electron chi connectivity index (χ3n) is 1.73. The minimum atomic E-state index is -0.546. The Morgan fingerprint density at radius 3 is 2.38 bits per heavy atom. The predicted molar refractivity (Wildman–Crippen MR) is 48.1 cm³/mol. The van der Waals surface area contributed by atoms with Crippen molar-refractivity contribution < 1.29 is 9.59 Å². The molecule has 0 bridgehead atoms. The highest BCUT2D eigenvalue weighted by Gasteiger charge is 2.29. The van der Waals surface area contributed by atoms with Gasteiger partial charge in [-0.05, 0) is 13.8 Å². The van der Waals surface area contributed by atoms with Gasteiger partial charge in [0.25, 0.3) is 0 Å². The molecule has 5 nitrogen and oxygen atoms in total.